The van der Waals surface area contributed by atoms with Crippen molar-refractivity contribution in [2.24, 2.45) is 4.99 Å². The van der Waals surface area contributed by atoms with Crippen molar-refractivity contribution in [2.45, 2.75) is 0 Å². The van der Waals surface area contributed by atoms with Gasteiger partial charge in [0.05, 0.1) is 14.6 Å². The predicted octanol–water partition coefficient (Wildman–Crippen LogP) is 6.94. The van der Waals surface area contributed by atoms with Crippen molar-refractivity contribution in [3.05, 3.63) is 67.5 Å². The largest absolute Gasteiger partial charge is 0.507 e. The number of benzene rings is 3. The van der Waals surface area contributed by atoms with Gasteiger partial charge in [-0.05, 0) is 80.4 Å². The Hall–Kier alpha value is -2.16. The smallest absolute Gasteiger partial charge is 0.227 e. The zero-order chi connectivity index (χ0) is 19.8. The molecular weight excluding hydrogens is 556 g/mol. The summed E-state index contributed by atoms with van der Waals surface area (Å²) in [5, 5.41) is 19.8. The molecule has 0 atom stereocenters. The predicted molar refractivity (Wildman–Crippen MR) is 120 cm³/mol. The van der Waals surface area contributed by atoms with Gasteiger partial charge in [-0.25, -0.2) is 4.98 Å². The topological polar surface area (TPSA) is 78.9 Å². The van der Waals surface area contributed by atoms with E-state index in [0.29, 0.717) is 37.2 Å². The second-order valence-corrected chi connectivity index (χ2v) is 8.55. The number of aromatic hydroxyl groups is 2. The molecule has 2 N–H and O–H groups in total. The van der Waals surface area contributed by atoms with Crippen molar-refractivity contribution in [2.75, 3.05) is 0 Å². The summed E-state index contributed by atoms with van der Waals surface area (Å²) in [7, 11) is 0. The first-order valence-electron chi connectivity index (χ1n) is 8.02. The van der Waals surface area contributed by atoms with Crippen molar-refractivity contribution in [1.29, 1.82) is 0 Å². The number of rotatable bonds is 3. The minimum absolute atomic E-state index is 0.120. The molecule has 0 spiro atoms. The number of oxazole rings is 1. The van der Waals surface area contributed by atoms with Gasteiger partial charge in [0.1, 0.15) is 17.0 Å². The van der Waals surface area contributed by atoms with Crippen LogP contribution in [-0.4, -0.2) is 21.4 Å². The highest BCUT2D eigenvalue weighted by molar-refractivity contribution is 9.11. The molecule has 4 aromatic rings. The lowest BCUT2D eigenvalue weighted by Crippen LogP contribution is -1.84. The molecule has 0 fully saturated rings. The molecular formula is C20H11Br3N2O3. The van der Waals surface area contributed by atoms with Crippen molar-refractivity contribution in [1.82, 2.24) is 4.98 Å². The maximum Gasteiger partial charge on any atom is 0.227 e. The van der Waals surface area contributed by atoms with Gasteiger partial charge in [-0.15, -0.1) is 0 Å². The molecule has 0 saturated heterocycles. The van der Waals surface area contributed by atoms with E-state index in [1.54, 1.807) is 48.7 Å². The number of hydrogen-bond acceptors (Lipinski definition) is 5. The molecule has 0 aliphatic heterocycles. The van der Waals surface area contributed by atoms with Crippen molar-refractivity contribution >= 4 is 70.8 Å². The Labute approximate surface area is 185 Å². The standard InChI is InChI=1S/C20H11Br3N2O3/c21-12-5-11(19(27)15(23)7-12)9-24-13-2-4-18-16(8-13)25-20(28-18)10-1-3-17(26)14(22)6-10/h1-9,26-27H. The third-order valence-electron chi connectivity index (χ3n) is 3.98. The van der Waals surface area contributed by atoms with Crippen LogP contribution in [0.2, 0.25) is 0 Å². The summed E-state index contributed by atoms with van der Waals surface area (Å²) in [6, 6.07) is 14.0. The second-order valence-electron chi connectivity index (χ2n) is 5.92. The molecule has 140 valence electrons. The summed E-state index contributed by atoms with van der Waals surface area (Å²) in [6.45, 7) is 0. The molecule has 3 aromatic carbocycles. The molecule has 0 amide bonds. The van der Waals surface area contributed by atoms with E-state index in [2.05, 4.69) is 57.8 Å². The first-order chi connectivity index (χ1) is 13.4. The number of hydrogen-bond donors (Lipinski definition) is 2. The third-order valence-corrected chi connectivity index (χ3v) is 5.67. The maximum absolute atomic E-state index is 10.1. The summed E-state index contributed by atoms with van der Waals surface area (Å²) in [5.74, 6) is 0.721. The molecule has 0 saturated carbocycles. The van der Waals surface area contributed by atoms with Crippen LogP contribution in [0.25, 0.3) is 22.6 Å². The number of halogens is 3. The van der Waals surface area contributed by atoms with E-state index in [9.17, 15) is 10.2 Å². The number of nitrogens with zero attached hydrogens (tertiary/aromatic N) is 2. The molecule has 28 heavy (non-hydrogen) atoms. The maximum atomic E-state index is 10.1. The lowest BCUT2D eigenvalue weighted by molar-refractivity contribution is 0.470. The summed E-state index contributed by atoms with van der Waals surface area (Å²) < 4.78 is 7.78. The van der Waals surface area contributed by atoms with Crippen LogP contribution in [0, 0.1) is 0 Å². The van der Waals surface area contributed by atoms with E-state index in [1.807, 2.05) is 6.07 Å². The van der Waals surface area contributed by atoms with Crippen LogP contribution in [0.5, 0.6) is 11.5 Å². The molecule has 8 heteroatoms. The van der Waals surface area contributed by atoms with Crippen LogP contribution in [-0.2, 0) is 0 Å². The van der Waals surface area contributed by atoms with Gasteiger partial charge >= 0.3 is 0 Å². The molecule has 5 nitrogen and oxygen atoms in total. The van der Waals surface area contributed by atoms with Crippen LogP contribution in [0.15, 0.2) is 71.4 Å². The van der Waals surface area contributed by atoms with Crippen molar-refractivity contribution in [3.8, 4) is 23.0 Å². The fourth-order valence-electron chi connectivity index (χ4n) is 2.59. The third kappa shape index (κ3) is 3.85. The van der Waals surface area contributed by atoms with Gasteiger partial charge < -0.3 is 14.6 Å². The zero-order valence-electron chi connectivity index (χ0n) is 14.0. The number of aromatic nitrogens is 1. The molecule has 0 radical (unpaired) electrons. The lowest BCUT2D eigenvalue weighted by Gasteiger charge is -2.02. The average Bonchev–Trinajstić information content (AvgIpc) is 3.09. The van der Waals surface area contributed by atoms with Gasteiger partial charge in [0.2, 0.25) is 5.89 Å². The van der Waals surface area contributed by atoms with E-state index in [0.717, 1.165) is 10.0 Å². The quantitative estimate of drug-likeness (QED) is 0.263. The normalized spacial score (nSPS) is 11.5. The van der Waals surface area contributed by atoms with Gasteiger partial charge in [-0.3, -0.25) is 4.99 Å². The first-order valence-corrected chi connectivity index (χ1v) is 10.4. The Morgan fingerprint density at radius 2 is 1.75 bits per heavy atom. The highest BCUT2D eigenvalue weighted by Crippen LogP contribution is 2.33. The average molecular weight is 567 g/mol. The molecule has 0 bridgehead atoms. The summed E-state index contributed by atoms with van der Waals surface area (Å²) >= 11 is 9.99. The zero-order valence-corrected chi connectivity index (χ0v) is 18.8. The monoisotopic (exact) mass is 564 g/mol. The Balaban J connectivity index is 1.68. The van der Waals surface area contributed by atoms with Gasteiger partial charge in [0.25, 0.3) is 0 Å². The number of phenolic OH excluding ortho intramolecular Hbond substituents is 2. The minimum atomic E-state index is 0.120. The van der Waals surface area contributed by atoms with E-state index < -0.39 is 0 Å². The van der Waals surface area contributed by atoms with E-state index in [1.165, 1.54) is 0 Å². The highest BCUT2D eigenvalue weighted by atomic mass is 79.9. The molecule has 1 heterocycles. The number of aliphatic imine (C=N–C) groups is 1. The fraction of sp³-hybridized carbons (Fsp3) is 0. The summed E-state index contributed by atoms with van der Waals surface area (Å²) in [6.07, 6.45) is 1.59. The molecule has 0 aliphatic carbocycles. The molecule has 4 rings (SSSR count). The van der Waals surface area contributed by atoms with Crippen LogP contribution < -0.4 is 0 Å². The van der Waals surface area contributed by atoms with Crippen molar-refractivity contribution < 1.29 is 14.6 Å². The number of phenols is 2. The summed E-state index contributed by atoms with van der Waals surface area (Å²) in [4.78, 5) is 8.94. The Morgan fingerprint density at radius 3 is 2.54 bits per heavy atom. The SMILES string of the molecule is Oc1ccc(-c2nc3cc(N=Cc4cc(Br)cc(Br)c4O)ccc3o2)cc1Br. The first kappa shape index (κ1) is 19.2. The van der Waals surface area contributed by atoms with E-state index in [-0.39, 0.29) is 11.5 Å². The van der Waals surface area contributed by atoms with E-state index in [4.69, 9.17) is 4.42 Å². The Morgan fingerprint density at radius 1 is 0.929 bits per heavy atom. The fourth-order valence-corrected chi connectivity index (χ4v) is 4.22. The molecule has 0 aliphatic rings. The highest BCUT2D eigenvalue weighted by Gasteiger charge is 2.11. The van der Waals surface area contributed by atoms with Gasteiger partial charge in [0.15, 0.2) is 5.58 Å². The molecule has 0 unspecified atom stereocenters. The lowest BCUT2D eigenvalue weighted by atomic mass is 10.2. The number of fused-ring (bicyclic) bond motifs is 1. The summed E-state index contributed by atoms with van der Waals surface area (Å²) in [5.41, 5.74) is 3.29. The van der Waals surface area contributed by atoms with Gasteiger partial charge in [-0.2, -0.15) is 0 Å². The molecule has 1 aromatic heterocycles. The Kier molecular flexibility index (Phi) is 5.27. The van der Waals surface area contributed by atoms with Crippen LogP contribution in [0.1, 0.15) is 5.56 Å². The van der Waals surface area contributed by atoms with Crippen molar-refractivity contribution in [3.63, 3.8) is 0 Å². The van der Waals surface area contributed by atoms with Gasteiger partial charge in [0, 0.05) is 21.8 Å². The van der Waals surface area contributed by atoms with E-state index >= 15 is 0 Å². The second kappa shape index (κ2) is 7.69. The van der Waals surface area contributed by atoms with Crippen LogP contribution >= 0.6 is 47.8 Å². The minimum Gasteiger partial charge on any atom is -0.507 e. The van der Waals surface area contributed by atoms with Gasteiger partial charge in [-0.1, -0.05) is 15.9 Å². The van der Waals surface area contributed by atoms with Crippen LogP contribution in [0.3, 0.4) is 0 Å². The Bertz CT molecular complexity index is 1240. The van der Waals surface area contributed by atoms with Crippen LogP contribution in [0.4, 0.5) is 5.69 Å².